The van der Waals surface area contributed by atoms with Crippen LogP contribution in [0.5, 0.6) is 0 Å². The molecule has 2 atom stereocenters. The molecule has 0 heterocycles. The molecule has 2 aromatic rings. The molecule has 1 aliphatic rings. The van der Waals surface area contributed by atoms with Crippen LogP contribution in [-0.4, -0.2) is 0 Å². The summed E-state index contributed by atoms with van der Waals surface area (Å²) in [6.45, 7) is 2.29. The lowest BCUT2D eigenvalue weighted by Gasteiger charge is -2.31. The zero-order valence-corrected chi connectivity index (χ0v) is 12.0. The van der Waals surface area contributed by atoms with Crippen molar-refractivity contribution < 1.29 is 0 Å². The van der Waals surface area contributed by atoms with Crippen LogP contribution in [0, 0.1) is 0 Å². The van der Waals surface area contributed by atoms with Gasteiger partial charge in [-0.1, -0.05) is 54.9 Å². The molecule has 0 nitrogen and oxygen atoms in total. The summed E-state index contributed by atoms with van der Waals surface area (Å²) in [6.07, 6.45) is 3.75. The smallest absolute Gasteiger partial charge is 0.0408 e. The van der Waals surface area contributed by atoms with Gasteiger partial charge in [0.05, 0.1) is 0 Å². The van der Waals surface area contributed by atoms with E-state index in [2.05, 4.69) is 49.4 Å². The van der Waals surface area contributed by atoms with Crippen LogP contribution in [0.25, 0.3) is 0 Å². The van der Waals surface area contributed by atoms with E-state index in [1.165, 1.54) is 30.4 Å². The van der Waals surface area contributed by atoms with Gasteiger partial charge in [-0.3, -0.25) is 0 Å². The molecule has 0 aromatic heterocycles. The molecule has 1 unspecified atom stereocenters. The number of rotatable bonds is 2. The number of hydrogen-bond donors (Lipinski definition) is 0. The van der Waals surface area contributed by atoms with Crippen LogP contribution in [0.2, 0.25) is 5.02 Å². The summed E-state index contributed by atoms with van der Waals surface area (Å²) in [5, 5.41) is 0.840. The fourth-order valence-electron chi connectivity index (χ4n) is 3.37. The highest BCUT2D eigenvalue weighted by Gasteiger charge is 2.26. The fourth-order valence-corrected chi connectivity index (χ4v) is 3.57. The Morgan fingerprint density at radius 1 is 1.00 bits per heavy atom. The van der Waals surface area contributed by atoms with Crippen LogP contribution in [-0.2, 0) is 0 Å². The van der Waals surface area contributed by atoms with Gasteiger partial charge in [0.2, 0.25) is 0 Å². The monoisotopic (exact) mass is 270 g/mol. The van der Waals surface area contributed by atoms with E-state index >= 15 is 0 Å². The molecule has 0 bridgehead atoms. The van der Waals surface area contributed by atoms with Crippen LogP contribution in [0.15, 0.2) is 48.5 Å². The summed E-state index contributed by atoms with van der Waals surface area (Å²) >= 11 is 6.15. The number of benzene rings is 2. The Labute approximate surface area is 120 Å². The standard InChI is InChI=1S/C18H19Cl/c1-2-13-10-11-17(14-6-5-7-15(19)12-14)18-9-4-3-8-16(13)18/h3-9,12-13,17H,2,10-11H2,1H3/t13?,17-/m0/s1. The van der Waals surface area contributed by atoms with E-state index in [0.29, 0.717) is 5.92 Å². The van der Waals surface area contributed by atoms with Crippen LogP contribution in [0.1, 0.15) is 54.7 Å². The zero-order valence-electron chi connectivity index (χ0n) is 11.3. The average Bonchev–Trinajstić information content (AvgIpc) is 2.46. The lowest BCUT2D eigenvalue weighted by molar-refractivity contribution is 0.506. The first-order valence-corrected chi connectivity index (χ1v) is 7.51. The molecular weight excluding hydrogens is 252 g/mol. The second-order valence-electron chi connectivity index (χ2n) is 5.42. The first-order valence-electron chi connectivity index (χ1n) is 7.14. The van der Waals surface area contributed by atoms with E-state index in [1.807, 2.05) is 6.07 Å². The van der Waals surface area contributed by atoms with Crippen molar-refractivity contribution in [3.05, 3.63) is 70.2 Å². The molecule has 0 radical (unpaired) electrons. The predicted molar refractivity (Wildman–Crippen MR) is 82.0 cm³/mol. The van der Waals surface area contributed by atoms with Crippen molar-refractivity contribution in [2.24, 2.45) is 0 Å². The van der Waals surface area contributed by atoms with Gasteiger partial charge in [-0.05, 0) is 54.0 Å². The summed E-state index contributed by atoms with van der Waals surface area (Å²) in [7, 11) is 0. The maximum Gasteiger partial charge on any atom is 0.0408 e. The van der Waals surface area contributed by atoms with Gasteiger partial charge in [0, 0.05) is 10.9 Å². The van der Waals surface area contributed by atoms with E-state index in [1.54, 1.807) is 5.56 Å². The molecule has 0 N–H and O–H groups in total. The van der Waals surface area contributed by atoms with Crippen molar-refractivity contribution >= 4 is 11.6 Å². The lowest BCUT2D eigenvalue weighted by Crippen LogP contribution is -2.15. The second-order valence-corrected chi connectivity index (χ2v) is 5.86. The highest BCUT2D eigenvalue weighted by atomic mass is 35.5. The molecule has 0 fully saturated rings. The van der Waals surface area contributed by atoms with Crippen molar-refractivity contribution in [2.75, 3.05) is 0 Å². The van der Waals surface area contributed by atoms with Crippen molar-refractivity contribution in [2.45, 2.75) is 38.0 Å². The Hall–Kier alpha value is -1.27. The Bertz CT molecular complexity index is 573. The van der Waals surface area contributed by atoms with Gasteiger partial charge in [0.15, 0.2) is 0 Å². The van der Waals surface area contributed by atoms with E-state index in [9.17, 15) is 0 Å². The van der Waals surface area contributed by atoms with Gasteiger partial charge in [0.1, 0.15) is 0 Å². The number of hydrogen-bond acceptors (Lipinski definition) is 0. The predicted octanol–water partition coefficient (Wildman–Crippen LogP) is 5.76. The molecule has 0 saturated carbocycles. The molecule has 0 aliphatic heterocycles. The number of fused-ring (bicyclic) bond motifs is 1. The van der Waals surface area contributed by atoms with Crippen molar-refractivity contribution in [3.63, 3.8) is 0 Å². The van der Waals surface area contributed by atoms with Gasteiger partial charge >= 0.3 is 0 Å². The summed E-state index contributed by atoms with van der Waals surface area (Å²) in [5.74, 6) is 1.24. The van der Waals surface area contributed by atoms with Crippen molar-refractivity contribution in [3.8, 4) is 0 Å². The minimum atomic E-state index is 0.512. The normalized spacial score (nSPS) is 22.0. The Kier molecular flexibility index (Phi) is 3.61. The number of halogens is 1. The van der Waals surface area contributed by atoms with E-state index < -0.39 is 0 Å². The Balaban J connectivity index is 2.05. The summed E-state index contributed by atoms with van der Waals surface area (Å²) in [6, 6.07) is 17.3. The third-order valence-corrected chi connectivity index (χ3v) is 4.59. The summed E-state index contributed by atoms with van der Waals surface area (Å²) < 4.78 is 0. The maximum atomic E-state index is 6.15. The van der Waals surface area contributed by atoms with Crippen molar-refractivity contribution in [1.29, 1.82) is 0 Å². The van der Waals surface area contributed by atoms with Gasteiger partial charge in [-0.2, -0.15) is 0 Å². The minimum Gasteiger partial charge on any atom is -0.0843 e. The molecule has 0 spiro atoms. The minimum absolute atomic E-state index is 0.512. The Morgan fingerprint density at radius 3 is 2.53 bits per heavy atom. The first kappa shape index (κ1) is 12.7. The SMILES string of the molecule is CCC1CC[C@@H](c2cccc(Cl)c2)c2ccccc21. The largest absolute Gasteiger partial charge is 0.0843 e. The molecule has 1 aliphatic carbocycles. The van der Waals surface area contributed by atoms with Crippen LogP contribution < -0.4 is 0 Å². The molecule has 19 heavy (non-hydrogen) atoms. The maximum absolute atomic E-state index is 6.15. The average molecular weight is 271 g/mol. The molecular formula is C18H19Cl. The van der Waals surface area contributed by atoms with Crippen LogP contribution >= 0.6 is 11.6 Å². The third-order valence-electron chi connectivity index (χ3n) is 4.36. The molecule has 0 amide bonds. The van der Waals surface area contributed by atoms with E-state index in [4.69, 9.17) is 11.6 Å². The molecule has 0 saturated heterocycles. The molecule has 98 valence electrons. The van der Waals surface area contributed by atoms with E-state index in [0.717, 1.165) is 10.9 Å². The zero-order chi connectivity index (χ0) is 13.2. The van der Waals surface area contributed by atoms with Crippen molar-refractivity contribution in [1.82, 2.24) is 0 Å². The van der Waals surface area contributed by atoms with Gasteiger partial charge in [0.25, 0.3) is 0 Å². The third kappa shape index (κ3) is 2.42. The lowest BCUT2D eigenvalue weighted by atomic mass is 9.73. The molecule has 3 rings (SSSR count). The van der Waals surface area contributed by atoms with Gasteiger partial charge in [-0.15, -0.1) is 0 Å². The molecule has 2 aromatic carbocycles. The quantitative estimate of drug-likeness (QED) is 0.651. The second kappa shape index (κ2) is 5.38. The van der Waals surface area contributed by atoms with Crippen LogP contribution in [0.3, 0.4) is 0 Å². The topological polar surface area (TPSA) is 0 Å². The van der Waals surface area contributed by atoms with E-state index in [-0.39, 0.29) is 0 Å². The highest BCUT2D eigenvalue weighted by molar-refractivity contribution is 6.30. The summed E-state index contributed by atoms with van der Waals surface area (Å²) in [4.78, 5) is 0. The Morgan fingerprint density at radius 2 is 1.79 bits per heavy atom. The highest BCUT2D eigenvalue weighted by Crippen LogP contribution is 2.43. The fraction of sp³-hybridized carbons (Fsp3) is 0.333. The molecule has 1 heteroatoms. The van der Waals surface area contributed by atoms with Gasteiger partial charge in [-0.25, -0.2) is 0 Å². The first-order chi connectivity index (χ1) is 9.29. The van der Waals surface area contributed by atoms with Gasteiger partial charge < -0.3 is 0 Å². The van der Waals surface area contributed by atoms with Crippen LogP contribution in [0.4, 0.5) is 0 Å². The summed E-state index contributed by atoms with van der Waals surface area (Å²) in [5.41, 5.74) is 4.40.